The summed E-state index contributed by atoms with van der Waals surface area (Å²) in [4.78, 5) is 8.44. The van der Waals surface area contributed by atoms with Crippen molar-refractivity contribution in [2.75, 3.05) is 13.1 Å². The molecule has 0 amide bonds. The van der Waals surface area contributed by atoms with Crippen LogP contribution in [0.25, 0.3) is 4.96 Å². The minimum Gasteiger partial charge on any atom is -0.492 e. The number of thiazole rings is 1. The van der Waals surface area contributed by atoms with Crippen LogP contribution in [0, 0.1) is 18.8 Å². The Labute approximate surface area is 151 Å². The number of piperidine rings is 1. The van der Waals surface area contributed by atoms with Crippen LogP contribution < -0.4 is 0 Å². The number of benzene rings is 1. The molecule has 132 valence electrons. The number of aromatic hydroxyl groups is 1. The second-order valence-electron chi connectivity index (χ2n) is 7.46. The van der Waals surface area contributed by atoms with Crippen molar-refractivity contribution in [2.45, 2.75) is 33.2 Å². The van der Waals surface area contributed by atoms with Gasteiger partial charge in [0.15, 0.2) is 0 Å². The van der Waals surface area contributed by atoms with Gasteiger partial charge in [0.25, 0.3) is 0 Å². The van der Waals surface area contributed by atoms with E-state index in [-0.39, 0.29) is 11.9 Å². The molecule has 2 aromatic heterocycles. The Morgan fingerprint density at radius 2 is 1.84 bits per heavy atom. The molecule has 3 atom stereocenters. The Kier molecular flexibility index (Phi) is 4.25. The molecule has 5 nitrogen and oxygen atoms in total. The lowest BCUT2D eigenvalue weighted by Crippen LogP contribution is -2.41. The first-order chi connectivity index (χ1) is 12.0. The van der Waals surface area contributed by atoms with E-state index >= 15 is 0 Å². The van der Waals surface area contributed by atoms with E-state index in [1.54, 1.807) is 0 Å². The average Bonchev–Trinajstić information content (AvgIpc) is 3.13. The van der Waals surface area contributed by atoms with Gasteiger partial charge in [-0.15, -0.1) is 0 Å². The highest BCUT2D eigenvalue weighted by atomic mass is 32.1. The van der Waals surface area contributed by atoms with Crippen molar-refractivity contribution >= 4 is 16.3 Å². The van der Waals surface area contributed by atoms with E-state index in [1.807, 2.05) is 0 Å². The van der Waals surface area contributed by atoms with Crippen LogP contribution in [0.3, 0.4) is 0 Å². The Balaban J connectivity index is 1.81. The normalized spacial score (nSPS) is 23.2. The van der Waals surface area contributed by atoms with E-state index in [2.05, 4.69) is 60.0 Å². The largest absolute Gasteiger partial charge is 0.492 e. The highest BCUT2D eigenvalue weighted by Gasteiger charge is 2.33. The summed E-state index contributed by atoms with van der Waals surface area (Å²) in [7, 11) is 0. The number of aromatic nitrogens is 3. The molecular formula is C19H24N4OS. The van der Waals surface area contributed by atoms with Crippen LogP contribution >= 0.6 is 11.3 Å². The Morgan fingerprint density at radius 1 is 1.16 bits per heavy atom. The minimum atomic E-state index is 0.0410. The van der Waals surface area contributed by atoms with Crippen molar-refractivity contribution in [3.05, 3.63) is 46.6 Å². The molecule has 1 aliphatic heterocycles. The zero-order valence-electron chi connectivity index (χ0n) is 14.9. The molecule has 25 heavy (non-hydrogen) atoms. The van der Waals surface area contributed by atoms with Gasteiger partial charge in [0.2, 0.25) is 10.8 Å². The summed E-state index contributed by atoms with van der Waals surface area (Å²) in [6.45, 7) is 8.81. The lowest BCUT2D eigenvalue weighted by atomic mass is 9.89. The monoisotopic (exact) mass is 356 g/mol. The SMILES string of the molecule is Cc1ccc([C@@H](c2sc3ncnn3c2O)N2C[C@H](C)C[C@H](C)C2)cc1. The predicted octanol–water partition coefficient (Wildman–Crippen LogP) is 3.87. The lowest BCUT2D eigenvalue weighted by Gasteiger charge is -2.40. The Bertz CT molecular complexity index is 859. The smallest absolute Gasteiger partial charge is 0.230 e. The van der Waals surface area contributed by atoms with E-state index < -0.39 is 0 Å². The van der Waals surface area contributed by atoms with Crippen LogP contribution in [0.15, 0.2) is 30.6 Å². The van der Waals surface area contributed by atoms with Crippen molar-refractivity contribution in [2.24, 2.45) is 11.8 Å². The van der Waals surface area contributed by atoms with Crippen LogP contribution in [-0.2, 0) is 0 Å². The maximum absolute atomic E-state index is 10.8. The zero-order chi connectivity index (χ0) is 17.6. The van der Waals surface area contributed by atoms with Gasteiger partial charge < -0.3 is 5.11 Å². The van der Waals surface area contributed by atoms with Crippen molar-refractivity contribution in [3.63, 3.8) is 0 Å². The van der Waals surface area contributed by atoms with Gasteiger partial charge in [0, 0.05) is 13.1 Å². The van der Waals surface area contributed by atoms with Gasteiger partial charge >= 0.3 is 0 Å². The summed E-state index contributed by atoms with van der Waals surface area (Å²) in [6.07, 6.45) is 2.75. The zero-order valence-corrected chi connectivity index (χ0v) is 15.7. The minimum absolute atomic E-state index is 0.0410. The van der Waals surface area contributed by atoms with Crippen LogP contribution in [0.5, 0.6) is 5.88 Å². The summed E-state index contributed by atoms with van der Waals surface area (Å²) < 4.78 is 1.54. The van der Waals surface area contributed by atoms with Gasteiger partial charge in [0.1, 0.15) is 6.33 Å². The molecule has 0 spiro atoms. The van der Waals surface area contributed by atoms with Crippen LogP contribution in [-0.4, -0.2) is 37.7 Å². The van der Waals surface area contributed by atoms with Gasteiger partial charge in [-0.25, -0.2) is 4.98 Å². The molecule has 0 radical (unpaired) electrons. The number of hydrogen-bond donors (Lipinski definition) is 1. The van der Waals surface area contributed by atoms with Crippen LogP contribution in [0.2, 0.25) is 0 Å². The molecule has 1 saturated heterocycles. The van der Waals surface area contributed by atoms with Gasteiger partial charge in [0.05, 0.1) is 10.9 Å². The third kappa shape index (κ3) is 3.04. The number of fused-ring (bicyclic) bond motifs is 1. The molecule has 1 aromatic carbocycles. The summed E-state index contributed by atoms with van der Waals surface area (Å²) >= 11 is 1.53. The number of rotatable bonds is 3. The van der Waals surface area contributed by atoms with Crippen molar-refractivity contribution < 1.29 is 5.11 Å². The summed E-state index contributed by atoms with van der Waals surface area (Å²) in [5, 5.41) is 14.9. The number of nitrogens with zero attached hydrogens (tertiary/aromatic N) is 4. The average molecular weight is 356 g/mol. The summed E-state index contributed by atoms with van der Waals surface area (Å²) in [6, 6.07) is 8.69. The van der Waals surface area contributed by atoms with E-state index in [0.29, 0.717) is 11.8 Å². The molecule has 0 unspecified atom stereocenters. The topological polar surface area (TPSA) is 53.7 Å². The second-order valence-corrected chi connectivity index (χ2v) is 8.47. The fourth-order valence-corrected chi connectivity index (χ4v) is 5.16. The molecular weight excluding hydrogens is 332 g/mol. The molecule has 4 rings (SSSR count). The fourth-order valence-electron chi connectivity index (χ4n) is 4.07. The Morgan fingerprint density at radius 3 is 2.48 bits per heavy atom. The van der Waals surface area contributed by atoms with E-state index in [0.717, 1.165) is 22.9 Å². The highest BCUT2D eigenvalue weighted by molar-refractivity contribution is 7.17. The molecule has 0 saturated carbocycles. The standard InChI is InChI=1S/C19H24N4OS/c1-12-4-6-15(7-5-12)16(22-9-13(2)8-14(3)10-22)17-18(24)23-19(25-17)20-11-21-23/h4-7,11,13-14,16,24H,8-10H2,1-3H3/t13-,14+,16-/m0/s1. The molecule has 1 N–H and O–H groups in total. The second kappa shape index (κ2) is 6.42. The maximum atomic E-state index is 10.8. The molecule has 0 aliphatic carbocycles. The first kappa shape index (κ1) is 16.5. The van der Waals surface area contributed by atoms with Crippen molar-refractivity contribution in [1.29, 1.82) is 0 Å². The van der Waals surface area contributed by atoms with Gasteiger partial charge in [-0.2, -0.15) is 9.61 Å². The fraction of sp³-hybridized carbons (Fsp3) is 0.474. The first-order valence-corrected chi connectivity index (χ1v) is 9.66. The van der Waals surface area contributed by atoms with Gasteiger partial charge in [-0.1, -0.05) is 55.0 Å². The molecule has 1 fully saturated rings. The maximum Gasteiger partial charge on any atom is 0.230 e. The predicted molar refractivity (Wildman–Crippen MR) is 100 cm³/mol. The van der Waals surface area contributed by atoms with Crippen LogP contribution in [0.1, 0.15) is 42.3 Å². The van der Waals surface area contributed by atoms with Crippen LogP contribution in [0.4, 0.5) is 0 Å². The summed E-state index contributed by atoms with van der Waals surface area (Å²) in [5.41, 5.74) is 2.46. The molecule has 6 heteroatoms. The van der Waals surface area contributed by atoms with E-state index in [4.69, 9.17) is 0 Å². The quantitative estimate of drug-likeness (QED) is 0.774. The van der Waals surface area contributed by atoms with Crippen molar-refractivity contribution in [1.82, 2.24) is 19.5 Å². The Hall–Kier alpha value is -1.92. The number of likely N-dealkylation sites (tertiary alicyclic amines) is 1. The lowest BCUT2D eigenvalue weighted by molar-refractivity contribution is 0.112. The van der Waals surface area contributed by atoms with Gasteiger partial charge in [-0.3, -0.25) is 4.90 Å². The first-order valence-electron chi connectivity index (χ1n) is 8.85. The number of aryl methyl sites for hydroxylation is 1. The molecule has 3 aromatic rings. The van der Waals surface area contributed by atoms with Crippen molar-refractivity contribution in [3.8, 4) is 5.88 Å². The molecule has 3 heterocycles. The van der Waals surface area contributed by atoms with E-state index in [1.165, 1.54) is 39.7 Å². The summed E-state index contributed by atoms with van der Waals surface area (Å²) in [5.74, 6) is 1.52. The van der Waals surface area contributed by atoms with E-state index in [9.17, 15) is 5.11 Å². The third-order valence-electron chi connectivity index (χ3n) is 5.04. The third-order valence-corrected chi connectivity index (χ3v) is 6.13. The molecule has 1 aliphatic rings. The van der Waals surface area contributed by atoms with Gasteiger partial charge in [-0.05, 0) is 30.7 Å². The highest BCUT2D eigenvalue weighted by Crippen LogP contribution is 2.41. The number of hydrogen-bond acceptors (Lipinski definition) is 5. The molecule has 0 bridgehead atoms.